The summed E-state index contributed by atoms with van der Waals surface area (Å²) in [6, 6.07) is 9.69. The molecule has 0 spiro atoms. The van der Waals surface area contributed by atoms with Gasteiger partial charge < -0.3 is 9.73 Å². The van der Waals surface area contributed by atoms with Crippen LogP contribution in [0.4, 0.5) is 0 Å². The first kappa shape index (κ1) is 14.3. The lowest BCUT2D eigenvalue weighted by Crippen LogP contribution is -2.27. The van der Waals surface area contributed by atoms with Crippen molar-refractivity contribution in [2.45, 2.75) is 25.3 Å². The number of amides is 1. The third-order valence-corrected chi connectivity index (χ3v) is 4.83. The molecule has 0 atom stereocenters. The molecule has 4 rings (SSSR count). The first-order valence-corrected chi connectivity index (χ1v) is 8.62. The summed E-state index contributed by atoms with van der Waals surface area (Å²) < 4.78 is 7.13. The predicted molar refractivity (Wildman–Crippen MR) is 88.6 cm³/mol. The highest BCUT2D eigenvalue weighted by Gasteiger charge is 2.28. The summed E-state index contributed by atoms with van der Waals surface area (Å²) in [4.78, 5) is 13.1. The number of hydrogen-bond donors (Lipinski definition) is 1. The van der Waals surface area contributed by atoms with Crippen LogP contribution < -0.4 is 5.32 Å². The molecule has 3 heterocycles. The maximum absolute atomic E-state index is 11.9. The Morgan fingerprint density at radius 3 is 3.00 bits per heavy atom. The van der Waals surface area contributed by atoms with E-state index in [-0.39, 0.29) is 5.91 Å². The number of aromatic nitrogens is 2. The van der Waals surface area contributed by atoms with Gasteiger partial charge in [-0.3, -0.25) is 9.48 Å². The summed E-state index contributed by atoms with van der Waals surface area (Å²) in [5, 5.41) is 9.66. The van der Waals surface area contributed by atoms with E-state index in [1.807, 2.05) is 10.7 Å². The number of furan rings is 1. The van der Waals surface area contributed by atoms with Crippen LogP contribution in [-0.4, -0.2) is 22.2 Å². The first-order chi connectivity index (χ1) is 11.3. The Balaban J connectivity index is 1.44. The fourth-order valence-corrected chi connectivity index (χ4v) is 3.31. The summed E-state index contributed by atoms with van der Waals surface area (Å²) in [5.74, 6) is 0.776. The summed E-state index contributed by atoms with van der Waals surface area (Å²) >= 11 is 1.70. The molecular weight excluding hydrogens is 310 g/mol. The number of thiophene rings is 1. The molecule has 5 nitrogen and oxygen atoms in total. The predicted octanol–water partition coefficient (Wildman–Crippen LogP) is 3.51. The van der Waals surface area contributed by atoms with Crippen molar-refractivity contribution < 1.29 is 9.21 Å². The van der Waals surface area contributed by atoms with Crippen molar-refractivity contribution in [1.29, 1.82) is 0 Å². The van der Waals surface area contributed by atoms with Crippen LogP contribution in [0.2, 0.25) is 0 Å². The van der Waals surface area contributed by atoms with Gasteiger partial charge in [0.2, 0.25) is 0 Å². The Morgan fingerprint density at radius 2 is 2.30 bits per heavy atom. The van der Waals surface area contributed by atoms with Gasteiger partial charge in [-0.15, -0.1) is 11.3 Å². The third-order valence-electron chi connectivity index (χ3n) is 3.93. The number of carbonyl (C=O) groups is 1. The van der Waals surface area contributed by atoms with Crippen molar-refractivity contribution in [2.24, 2.45) is 0 Å². The Morgan fingerprint density at radius 1 is 1.39 bits per heavy atom. The molecule has 6 heteroatoms. The Labute approximate surface area is 137 Å². The second kappa shape index (κ2) is 6.04. The molecular formula is C17H17N3O2S. The lowest BCUT2D eigenvalue weighted by atomic mass is 10.2. The summed E-state index contributed by atoms with van der Waals surface area (Å²) in [7, 11) is 0. The molecule has 1 fully saturated rings. The molecule has 118 valence electrons. The van der Waals surface area contributed by atoms with Crippen molar-refractivity contribution >= 4 is 17.2 Å². The highest BCUT2D eigenvalue weighted by Crippen LogP contribution is 2.41. The number of nitrogens with zero attached hydrogens (tertiary/aromatic N) is 2. The van der Waals surface area contributed by atoms with Gasteiger partial charge in [-0.05, 0) is 42.5 Å². The van der Waals surface area contributed by atoms with E-state index in [1.54, 1.807) is 23.5 Å². The standard InChI is InChI=1S/C17H17N3O2S/c21-17(15-3-1-9-22-15)18-7-8-20-14(12-5-6-12)11-13(19-20)16-4-2-10-23-16/h1-4,9-12H,5-8H2,(H,18,21). The van der Waals surface area contributed by atoms with Gasteiger partial charge in [0.05, 0.1) is 17.7 Å². The zero-order chi connectivity index (χ0) is 15.6. The second-order valence-electron chi connectivity index (χ2n) is 5.66. The molecule has 0 aromatic carbocycles. The largest absolute Gasteiger partial charge is 0.459 e. The van der Waals surface area contributed by atoms with Crippen LogP contribution in [0.5, 0.6) is 0 Å². The van der Waals surface area contributed by atoms with E-state index in [2.05, 4.69) is 22.8 Å². The fourth-order valence-electron chi connectivity index (χ4n) is 2.63. The van der Waals surface area contributed by atoms with E-state index in [9.17, 15) is 4.79 Å². The van der Waals surface area contributed by atoms with Gasteiger partial charge in [0.1, 0.15) is 5.69 Å². The van der Waals surface area contributed by atoms with Gasteiger partial charge >= 0.3 is 0 Å². The van der Waals surface area contributed by atoms with Crippen LogP contribution in [0, 0.1) is 0 Å². The molecule has 0 radical (unpaired) electrons. The van der Waals surface area contributed by atoms with E-state index in [4.69, 9.17) is 9.52 Å². The molecule has 1 saturated carbocycles. The second-order valence-corrected chi connectivity index (χ2v) is 6.61. The van der Waals surface area contributed by atoms with E-state index in [1.165, 1.54) is 29.7 Å². The summed E-state index contributed by atoms with van der Waals surface area (Å²) in [6.07, 6.45) is 3.96. The molecule has 1 aliphatic carbocycles. The molecule has 0 unspecified atom stereocenters. The van der Waals surface area contributed by atoms with E-state index >= 15 is 0 Å². The molecule has 1 amide bonds. The van der Waals surface area contributed by atoms with E-state index in [0.717, 1.165) is 5.69 Å². The van der Waals surface area contributed by atoms with Crippen molar-refractivity contribution in [2.75, 3.05) is 6.54 Å². The van der Waals surface area contributed by atoms with E-state index < -0.39 is 0 Å². The minimum absolute atomic E-state index is 0.186. The number of carbonyl (C=O) groups excluding carboxylic acids is 1. The van der Waals surface area contributed by atoms with Crippen LogP contribution in [0.25, 0.3) is 10.6 Å². The van der Waals surface area contributed by atoms with Crippen LogP contribution in [-0.2, 0) is 6.54 Å². The topological polar surface area (TPSA) is 60.1 Å². The average Bonchev–Trinajstić information content (AvgIpc) is 3.05. The SMILES string of the molecule is O=C(NCCn1nc(-c2cccs2)cc1C1CC1)c1ccco1. The van der Waals surface area contributed by atoms with Crippen molar-refractivity contribution in [3.8, 4) is 10.6 Å². The third kappa shape index (κ3) is 3.07. The van der Waals surface area contributed by atoms with Crippen LogP contribution in [0.15, 0.2) is 46.4 Å². The smallest absolute Gasteiger partial charge is 0.287 e. The minimum Gasteiger partial charge on any atom is -0.459 e. The quantitative estimate of drug-likeness (QED) is 0.753. The number of hydrogen-bond acceptors (Lipinski definition) is 4. The maximum atomic E-state index is 11.9. The lowest BCUT2D eigenvalue weighted by molar-refractivity contribution is 0.0924. The fraction of sp³-hybridized carbons (Fsp3) is 0.294. The molecule has 0 saturated heterocycles. The number of rotatable bonds is 6. The Bertz CT molecular complexity index is 786. The molecule has 23 heavy (non-hydrogen) atoms. The highest BCUT2D eigenvalue weighted by molar-refractivity contribution is 7.13. The van der Waals surface area contributed by atoms with Gasteiger partial charge in [0.15, 0.2) is 5.76 Å². The van der Waals surface area contributed by atoms with Crippen molar-refractivity contribution in [3.63, 3.8) is 0 Å². The maximum Gasteiger partial charge on any atom is 0.287 e. The first-order valence-electron chi connectivity index (χ1n) is 7.74. The normalized spacial score (nSPS) is 14.1. The van der Waals surface area contributed by atoms with Crippen LogP contribution in [0.1, 0.15) is 35.0 Å². The number of nitrogens with one attached hydrogen (secondary N) is 1. The highest BCUT2D eigenvalue weighted by atomic mass is 32.1. The zero-order valence-electron chi connectivity index (χ0n) is 12.6. The summed E-state index contributed by atoms with van der Waals surface area (Å²) in [5.41, 5.74) is 2.31. The molecule has 3 aromatic heterocycles. The van der Waals surface area contributed by atoms with Gasteiger partial charge in [-0.1, -0.05) is 6.07 Å². The Hall–Kier alpha value is -2.34. The van der Waals surface area contributed by atoms with Crippen molar-refractivity contribution in [3.05, 3.63) is 53.4 Å². The van der Waals surface area contributed by atoms with Crippen LogP contribution in [0.3, 0.4) is 0 Å². The molecule has 1 aliphatic rings. The summed E-state index contributed by atoms with van der Waals surface area (Å²) in [6.45, 7) is 1.20. The molecule has 0 aliphatic heterocycles. The molecule has 0 bridgehead atoms. The zero-order valence-corrected chi connectivity index (χ0v) is 13.4. The van der Waals surface area contributed by atoms with Gasteiger partial charge in [-0.25, -0.2) is 0 Å². The van der Waals surface area contributed by atoms with Crippen molar-refractivity contribution in [1.82, 2.24) is 15.1 Å². The molecule has 3 aromatic rings. The Kier molecular flexibility index (Phi) is 3.75. The van der Waals surface area contributed by atoms with Gasteiger partial charge in [-0.2, -0.15) is 5.10 Å². The van der Waals surface area contributed by atoms with E-state index in [0.29, 0.717) is 24.8 Å². The minimum atomic E-state index is -0.186. The van der Waals surface area contributed by atoms with Crippen LogP contribution >= 0.6 is 11.3 Å². The lowest BCUT2D eigenvalue weighted by Gasteiger charge is -2.07. The average molecular weight is 327 g/mol. The van der Waals surface area contributed by atoms with Gasteiger partial charge in [0, 0.05) is 18.2 Å². The monoisotopic (exact) mass is 327 g/mol. The molecule has 1 N–H and O–H groups in total. The van der Waals surface area contributed by atoms with Gasteiger partial charge in [0.25, 0.3) is 5.91 Å².